The van der Waals surface area contributed by atoms with Crippen molar-refractivity contribution in [1.82, 2.24) is 15.0 Å². The Balaban J connectivity index is 1.94. The van der Waals surface area contributed by atoms with E-state index in [1.165, 1.54) is 0 Å². The minimum absolute atomic E-state index is 0.593. The summed E-state index contributed by atoms with van der Waals surface area (Å²) in [7, 11) is 1.88. The zero-order valence-electron chi connectivity index (χ0n) is 10.9. The Morgan fingerprint density at radius 1 is 1.32 bits per heavy atom. The maximum Gasteiger partial charge on any atom is 0.136 e. The molecule has 0 aliphatic carbocycles. The highest BCUT2D eigenvalue weighted by molar-refractivity contribution is 5.46. The van der Waals surface area contributed by atoms with E-state index < -0.39 is 0 Å². The molecular weight excluding hydrogens is 240 g/mol. The molecule has 1 aliphatic rings. The van der Waals surface area contributed by atoms with Crippen LogP contribution in [0.1, 0.15) is 22.8 Å². The van der Waals surface area contributed by atoms with Crippen LogP contribution in [0.5, 0.6) is 0 Å². The number of rotatable bonds is 3. The van der Waals surface area contributed by atoms with Crippen molar-refractivity contribution < 1.29 is 4.74 Å². The minimum Gasteiger partial charge on any atom is -0.376 e. The average molecular weight is 256 g/mol. The Kier molecular flexibility index (Phi) is 3.37. The SMILES string of the molecule is CNc1nc(Cc2ccccn2)nc2c1COCC2. The Labute approximate surface area is 112 Å². The van der Waals surface area contributed by atoms with E-state index in [1.807, 2.05) is 25.2 Å². The number of nitrogens with zero attached hydrogens (tertiary/aromatic N) is 3. The summed E-state index contributed by atoms with van der Waals surface area (Å²) in [4.78, 5) is 13.5. The smallest absolute Gasteiger partial charge is 0.136 e. The first-order chi connectivity index (χ1) is 9.36. The van der Waals surface area contributed by atoms with E-state index in [0.29, 0.717) is 13.0 Å². The van der Waals surface area contributed by atoms with Gasteiger partial charge in [-0.1, -0.05) is 6.07 Å². The van der Waals surface area contributed by atoms with Crippen LogP contribution in [-0.4, -0.2) is 28.6 Å². The number of ether oxygens (including phenoxy) is 1. The summed E-state index contributed by atoms with van der Waals surface area (Å²) in [5.41, 5.74) is 3.16. The van der Waals surface area contributed by atoms with E-state index in [9.17, 15) is 0 Å². The Morgan fingerprint density at radius 3 is 3.05 bits per heavy atom. The zero-order chi connectivity index (χ0) is 13.1. The first-order valence-corrected chi connectivity index (χ1v) is 6.41. The molecule has 0 bridgehead atoms. The summed E-state index contributed by atoms with van der Waals surface area (Å²) in [6.45, 7) is 1.32. The van der Waals surface area contributed by atoms with Crippen molar-refractivity contribution in [3.05, 3.63) is 47.2 Å². The highest BCUT2D eigenvalue weighted by Crippen LogP contribution is 2.22. The minimum atomic E-state index is 0.593. The third-order valence-electron chi connectivity index (χ3n) is 3.17. The monoisotopic (exact) mass is 256 g/mol. The molecule has 5 heteroatoms. The predicted molar refractivity (Wildman–Crippen MR) is 72.0 cm³/mol. The fourth-order valence-corrected chi connectivity index (χ4v) is 2.23. The Morgan fingerprint density at radius 2 is 2.26 bits per heavy atom. The fourth-order valence-electron chi connectivity index (χ4n) is 2.23. The van der Waals surface area contributed by atoms with Gasteiger partial charge in [0, 0.05) is 30.9 Å². The van der Waals surface area contributed by atoms with Gasteiger partial charge in [-0.3, -0.25) is 4.98 Å². The highest BCUT2D eigenvalue weighted by Gasteiger charge is 2.17. The molecule has 0 fully saturated rings. The van der Waals surface area contributed by atoms with E-state index in [1.54, 1.807) is 6.20 Å². The van der Waals surface area contributed by atoms with E-state index >= 15 is 0 Å². The molecule has 0 spiro atoms. The van der Waals surface area contributed by atoms with Crippen molar-refractivity contribution in [2.24, 2.45) is 0 Å². The molecule has 0 unspecified atom stereocenters. The lowest BCUT2D eigenvalue weighted by Crippen LogP contribution is -2.17. The third-order valence-corrected chi connectivity index (χ3v) is 3.17. The van der Waals surface area contributed by atoms with Crippen LogP contribution >= 0.6 is 0 Å². The van der Waals surface area contributed by atoms with E-state index in [0.717, 1.165) is 41.6 Å². The van der Waals surface area contributed by atoms with Gasteiger partial charge in [0.05, 0.1) is 25.3 Å². The van der Waals surface area contributed by atoms with Gasteiger partial charge in [0.1, 0.15) is 11.6 Å². The lowest BCUT2D eigenvalue weighted by molar-refractivity contribution is 0.109. The molecule has 1 N–H and O–H groups in total. The molecule has 2 aromatic heterocycles. The summed E-state index contributed by atoms with van der Waals surface area (Å²) in [5, 5.41) is 3.13. The Bertz CT molecular complexity index is 554. The number of anilines is 1. The van der Waals surface area contributed by atoms with Crippen molar-refractivity contribution in [3.63, 3.8) is 0 Å². The number of hydrogen-bond donors (Lipinski definition) is 1. The normalized spacial score (nSPS) is 13.9. The van der Waals surface area contributed by atoms with Crippen LogP contribution in [0, 0.1) is 0 Å². The van der Waals surface area contributed by atoms with Gasteiger partial charge < -0.3 is 10.1 Å². The lowest BCUT2D eigenvalue weighted by Gasteiger charge is -2.19. The largest absolute Gasteiger partial charge is 0.376 e. The van der Waals surface area contributed by atoms with Gasteiger partial charge in [-0.05, 0) is 12.1 Å². The summed E-state index contributed by atoms with van der Waals surface area (Å²) in [6, 6.07) is 5.88. The molecule has 0 aromatic carbocycles. The Hall–Kier alpha value is -2.01. The number of hydrogen-bond acceptors (Lipinski definition) is 5. The van der Waals surface area contributed by atoms with Gasteiger partial charge in [-0.25, -0.2) is 9.97 Å². The van der Waals surface area contributed by atoms with E-state index in [2.05, 4.69) is 20.3 Å². The second kappa shape index (κ2) is 5.32. The van der Waals surface area contributed by atoms with Crippen molar-refractivity contribution in [3.8, 4) is 0 Å². The van der Waals surface area contributed by atoms with Crippen LogP contribution in [0.15, 0.2) is 24.4 Å². The summed E-state index contributed by atoms with van der Waals surface area (Å²) in [6.07, 6.45) is 3.30. The van der Waals surface area contributed by atoms with Gasteiger partial charge in [0.2, 0.25) is 0 Å². The number of pyridine rings is 1. The van der Waals surface area contributed by atoms with Gasteiger partial charge in [-0.15, -0.1) is 0 Å². The summed E-state index contributed by atoms with van der Waals surface area (Å²) >= 11 is 0. The molecule has 98 valence electrons. The number of fused-ring (bicyclic) bond motifs is 1. The van der Waals surface area contributed by atoms with Crippen LogP contribution < -0.4 is 5.32 Å². The maximum atomic E-state index is 5.46. The topological polar surface area (TPSA) is 59.9 Å². The van der Waals surface area contributed by atoms with Gasteiger partial charge in [0.25, 0.3) is 0 Å². The molecule has 3 heterocycles. The summed E-state index contributed by atoms with van der Waals surface area (Å²) in [5.74, 6) is 1.68. The second-order valence-electron chi connectivity index (χ2n) is 4.46. The molecule has 0 amide bonds. The fraction of sp³-hybridized carbons (Fsp3) is 0.357. The van der Waals surface area contributed by atoms with Crippen LogP contribution in [0.25, 0.3) is 0 Å². The van der Waals surface area contributed by atoms with Gasteiger partial charge >= 0.3 is 0 Å². The maximum absolute atomic E-state index is 5.46. The zero-order valence-corrected chi connectivity index (χ0v) is 10.9. The molecule has 2 aromatic rings. The molecule has 19 heavy (non-hydrogen) atoms. The number of aromatic nitrogens is 3. The molecule has 5 nitrogen and oxygen atoms in total. The van der Waals surface area contributed by atoms with Crippen LogP contribution in [0.2, 0.25) is 0 Å². The molecule has 1 aliphatic heterocycles. The molecule has 0 saturated heterocycles. The first kappa shape index (κ1) is 12.0. The van der Waals surface area contributed by atoms with E-state index in [4.69, 9.17) is 4.74 Å². The highest BCUT2D eigenvalue weighted by atomic mass is 16.5. The third kappa shape index (κ3) is 2.56. The second-order valence-corrected chi connectivity index (χ2v) is 4.46. The first-order valence-electron chi connectivity index (χ1n) is 6.41. The van der Waals surface area contributed by atoms with Crippen molar-refractivity contribution in [2.45, 2.75) is 19.4 Å². The van der Waals surface area contributed by atoms with Crippen LogP contribution in [0.4, 0.5) is 5.82 Å². The van der Waals surface area contributed by atoms with Crippen molar-refractivity contribution in [2.75, 3.05) is 19.0 Å². The van der Waals surface area contributed by atoms with Gasteiger partial charge in [-0.2, -0.15) is 0 Å². The summed E-state index contributed by atoms with van der Waals surface area (Å²) < 4.78 is 5.46. The molecule has 0 atom stereocenters. The average Bonchev–Trinajstić information content (AvgIpc) is 2.47. The van der Waals surface area contributed by atoms with E-state index in [-0.39, 0.29) is 0 Å². The van der Waals surface area contributed by atoms with Crippen molar-refractivity contribution >= 4 is 5.82 Å². The van der Waals surface area contributed by atoms with Crippen LogP contribution in [0.3, 0.4) is 0 Å². The van der Waals surface area contributed by atoms with Crippen LogP contribution in [-0.2, 0) is 24.2 Å². The standard InChI is InChI=1S/C14H16N4O/c1-15-14-11-9-19-7-5-12(11)17-13(18-14)8-10-4-2-3-6-16-10/h2-4,6H,5,7-9H2,1H3,(H,15,17,18). The number of nitrogens with one attached hydrogen (secondary N) is 1. The van der Waals surface area contributed by atoms with Gasteiger partial charge in [0.15, 0.2) is 0 Å². The quantitative estimate of drug-likeness (QED) is 0.903. The molecule has 0 saturated carbocycles. The predicted octanol–water partition coefficient (Wildman–Crippen LogP) is 1.58. The van der Waals surface area contributed by atoms with Crippen molar-refractivity contribution in [1.29, 1.82) is 0 Å². The molecule has 0 radical (unpaired) electrons. The molecule has 3 rings (SSSR count). The lowest BCUT2D eigenvalue weighted by atomic mass is 10.1. The molecular formula is C14H16N4O.